The highest BCUT2D eigenvalue weighted by Crippen LogP contribution is 2.36. The molecule has 170 valence electrons. The summed E-state index contributed by atoms with van der Waals surface area (Å²) >= 11 is 0. The van der Waals surface area contributed by atoms with Gasteiger partial charge in [0.2, 0.25) is 0 Å². The third-order valence-corrected chi connectivity index (χ3v) is 7.97. The Morgan fingerprint density at radius 2 is 1.50 bits per heavy atom. The molecule has 4 aromatic rings. The lowest BCUT2D eigenvalue weighted by Gasteiger charge is -2.24. The van der Waals surface area contributed by atoms with Crippen LogP contribution in [0.15, 0.2) is 108 Å². The lowest BCUT2D eigenvalue weighted by molar-refractivity contribution is 0.102. The van der Waals surface area contributed by atoms with Crippen molar-refractivity contribution in [2.45, 2.75) is 24.3 Å². The van der Waals surface area contributed by atoms with Gasteiger partial charge >= 0.3 is 0 Å². The van der Waals surface area contributed by atoms with E-state index < -0.39 is 10.0 Å². The predicted octanol–water partition coefficient (Wildman–Crippen LogP) is 5.75. The Kier molecular flexibility index (Phi) is 5.67. The SMILES string of the molecule is CC1Cc2ccccc2N1S(=O)(=O)c1cccc(C(=O)Nc2ccc(-c3ccccc3)cc2)c1. The van der Waals surface area contributed by atoms with Crippen molar-refractivity contribution in [3.05, 3.63) is 114 Å². The quantitative estimate of drug-likeness (QED) is 0.406. The Bertz CT molecular complexity index is 1450. The summed E-state index contributed by atoms with van der Waals surface area (Å²) in [6, 6.07) is 31.1. The highest BCUT2D eigenvalue weighted by Gasteiger charge is 2.36. The minimum Gasteiger partial charge on any atom is -0.322 e. The van der Waals surface area contributed by atoms with Gasteiger partial charge in [0, 0.05) is 17.3 Å². The third kappa shape index (κ3) is 4.08. The molecule has 0 saturated heterocycles. The Labute approximate surface area is 199 Å². The molecule has 0 spiro atoms. The molecule has 1 amide bonds. The first kappa shape index (κ1) is 21.9. The van der Waals surface area contributed by atoms with Gasteiger partial charge in [-0.15, -0.1) is 0 Å². The first-order valence-corrected chi connectivity index (χ1v) is 12.6. The number of carbonyl (C=O) groups is 1. The number of carbonyl (C=O) groups excluding carboxylic acids is 1. The number of sulfonamides is 1. The minimum atomic E-state index is -3.81. The van der Waals surface area contributed by atoms with Crippen molar-refractivity contribution in [2.24, 2.45) is 0 Å². The second-order valence-corrected chi connectivity index (χ2v) is 10.2. The van der Waals surface area contributed by atoms with Gasteiger partial charge in [-0.1, -0.05) is 66.7 Å². The van der Waals surface area contributed by atoms with E-state index in [-0.39, 0.29) is 22.4 Å². The maximum absolute atomic E-state index is 13.5. The van der Waals surface area contributed by atoms with Gasteiger partial charge < -0.3 is 5.32 Å². The van der Waals surface area contributed by atoms with Crippen LogP contribution in [0.1, 0.15) is 22.8 Å². The summed E-state index contributed by atoms with van der Waals surface area (Å²) in [6.45, 7) is 1.90. The zero-order chi connectivity index (χ0) is 23.7. The van der Waals surface area contributed by atoms with E-state index in [0.29, 0.717) is 17.8 Å². The van der Waals surface area contributed by atoms with Crippen LogP contribution in [0.3, 0.4) is 0 Å². The maximum atomic E-state index is 13.5. The Balaban J connectivity index is 1.37. The molecule has 4 aromatic carbocycles. The lowest BCUT2D eigenvalue weighted by atomic mass is 10.1. The molecule has 0 aromatic heterocycles. The number of nitrogens with zero attached hydrogens (tertiary/aromatic N) is 1. The highest BCUT2D eigenvalue weighted by atomic mass is 32.2. The van der Waals surface area contributed by atoms with Crippen molar-refractivity contribution in [3.8, 4) is 11.1 Å². The number of fused-ring (bicyclic) bond motifs is 1. The number of hydrogen-bond acceptors (Lipinski definition) is 3. The predicted molar refractivity (Wildman–Crippen MR) is 136 cm³/mol. The number of anilines is 2. The van der Waals surface area contributed by atoms with Gasteiger partial charge in [0.05, 0.1) is 10.6 Å². The average molecular weight is 469 g/mol. The number of benzene rings is 4. The number of para-hydroxylation sites is 1. The average Bonchev–Trinajstić information content (AvgIpc) is 3.21. The van der Waals surface area contributed by atoms with Gasteiger partial charge in [-0.2, -0.15) is 0 Å². The fraction of sp³-hybridized carbons (Fsp3) is 0.107. The van der Waals surface area contributed by atoms with Crippen LogP contribution in [0.4, 0.5) is 11.4 Å². The van der Waals surface area contributed by atoms with Crippen molar-refractivity contribution >= 4 is 27.3 Å². The van der Waals surface area contributed by atoms with Crippen LogP contribution >= 0.6 is 0 Å². The molecule has 1 N–H and O–H groups in total. The summed E-state index contributed by atoms with van der Waals surface area (Å²) in [5, 5.41) is 2.86. The zero-order valence-electron chi connectivity index (χ0n) is 18.7. The first-order chi connectivity index (χ1) is 16.4. The van der Waals surface area contributed by atoms with Gasteiger partial charge in [-0.05, 0) is 66.4 Å². The van der Waals surface area contributed by atoms with Crippen LogP contribution < -0.4 is 9.62 Å². The molecule has 1 atom stereocenters. The highest BCUT2D eigenvalue weighted by molar-refractivity contribution is 7.92. The molecular formula is C28H24N2O3S. The smallest absolute Gasteiger partial charge is 0.264 e. The molecule has 0 aliphatic carbocycles. The zero-order valence-corrected chi connectivity index (χ0v) is 19.5. The fourth-order valence-electron chi connectivity index (χ4n) is 4.39. The number of rotatable bonds is 5. The van der Waals surface area contributed by atoms with Crippen LogP contribution in [0, 0.1) is 0 Å². The Hall–Kier alpha value is -3.90. The molecule has 0 saturated carbocycles. The summed E-state index contributed by atoms with van der Waals surface area (Å²) in [5.74, 6) is -0.362. The minimum absolute atomic E-state index is 0.100. The van der Waals surface area contributed by atoms with E-state index in [0.717, 1.165) is 16.7 Å². The number of hydrogen-bond donors (Lipinski definition) is 1. The molecule has 0 radical (unpaired) electrons. The van der Waals surface area contributed by atoms with Crippen molar-refractivity contribution in [3.63, 3.8) is 0 Å². The molecule has 6 heteroatoms. The first-order valence-electron chi connectivity index (χ1n) is 11.1. The summed E-state index contributed by atoms with van der Waals surface area (Å²) in [7, 11) is -3.81. The summed E-state index contributed by atoms with van der Waals surface area (Å²) in [4.78, 5) is 13.0. The van der Waals surface area contributed by atoms with Crippen LogP contribution in [-0.4, -0.2) is 20.4 Å². The van der Waals surface area contributed by atoms with Crippen LogP contribution in [0.25, 0.3) is 11.1 Å². The van der Waals surface area contributed by atoms with Crippen molar-refractivity contribution < 1.29 is 13.2 Å². The third-order valence-electron chi connectivity index (χ3n) is 6.05. The molecule has 1 heterocycles. The van der Waals surface area contributed by atoms with Gasteiger partial charge in [-0.3, -0.25) is 9.10 Å². The molecule has 5 rings (SSSR count). The van der Waals surface area contributed by atoms with E-state index in [4.69, 9.17) is 0 Å². The molecule has 1 unspecified atom stereocenters. The van der Waals surface area contributed by atoms with Crippen molar-refractivity contribution in [2.75, 3.05) is 9.62 Å². The second-order valence-electron chi connectivity index (χ2n) is 8.41. The van der Waals surface area contributed by atoms with Crippen LogP contribution in [0.5, 0.6) is 0 Å². The normalized spacial score (nSPS) is 15.1. The maximum Gasteiger partial charge on any atom is 0.264 e. The molecule has 0 fully saturated rings. The summed E-state index contributed by atoms with van der Waals surface area (Å²) in [5.41, 5.74) is 4.77. The standard InChI is InChI=1S/C28H24N2O3S/c1-20-18-23-10-5-6-13-27(23)30(20)34(32,33)26-12-7-11-24(19-26)28(31)29-25-16-14-22(15-17-25)21-8-3-2-4-9-21/h2-17,19-20H,18H2,1H3,(H,29,31). The number of amides is 1. The van der Waals surface area contributed by atoms with Gasteiger partial charge in [0.15, 0.2) is 0 Å². The largest absolute Gasteiger partial charge is 0.322 e. The lowest BCUT2D eigenvalue weighted by Crippen LogP contribution is -2.35. The van der Waals surface area contributed by atoms with E-state index in [1.54, 1.807) is 12.1 Å². The van der Waals surface area contributed by atoms with Gasteiger partial charge in [0.1, 0.15) is 0 Å². The molecule has 1 aliphatic rings. The van der Waals surface area contributed by atoms with E-state index >= 15 is 0 Å². The molecule has 0 bridgehead atoms. The second kappa shape index (κ2) is 8.80. The summed E-state index contributed by atoms with van der Waals surface area (Å²) < 4.78 is 28.5. The van der Waals surface area contributed by atoms with Crippen LogP contribution in [0.2, 0.25) is 0 Å². The van der Waals surface area contributed by atoms with Gasteiger partial charge in [0.25, 0.3) is 15.9 Å². The van der Waals surface area contributed by atoms with Crippen molar-refractivity contribution in [1.82, 2.24) is 0 Å². The van der Waals surface area contributed by atoms with E-state index in [9.17, 15) is 13.2 Å². The monoisotopic (exact) mass is 468 g/mol. The molecule has 5 nitrogen and oxygen atoms in total. The Morgan fingerprint density at radius 1 is 0.824 bits per heavy atom. The van der Waals surface area contributed by atoms with E-state index in [2.05, 4.69) is 5.32 Å². The topological polar surface area (TPSA) is 66.5 Å². The number of nitrogens with one attached hydrogen (secondary N) is 1. The van der Waals surface area contributed by atoms with E-state index in [1.165, 1.54) is 16.4 Å². The molecule has 1 aliphatic heterocycles. The molecular weight excluding hydrogens is 444 g/mol. The fourth-order valence-corrected chi connectivity index (χ4v) is 6.13. The van der Waals surface area contributed by atoms with Crippen LogP contribution in [-0.2, 0) is 16.4 Å². The van der Waals surface area contributed by atoms with E-state index in [1.807, 2.05) is 85.8 Å². The van der Waals surface area contributed by atoms with Gasteiger partial charge in [-0.25, -0.2) is 8.42 Å². The van der Waals surface area contributed by atoms with Crippen molar-refractivity contribution in [1.29, 1.82) is 0 Å². The molecule has 34 heavy (non-hydrogen) atoms. The Morgan fingerprint density at radius 3 is 2.26 bits per heavy atom. The summed E-state index contributed by atoms with van der Waals surface area (Å²) in [6.07, 6.45) is 0.661.